The van der Waals surface area contributed by atoms with Crippen LogP contribution < -0.4 is 16.7 Å². The molecule has 0 atom stereocenters. The first-order chi connectivity index (χ1) is 18.5. The van der Waals surface area contributed by atoms with Crippen LogP contribution in [-0.4, -0.2) is 30.8 Å². The van der Waals surface area contributed by atoms with E-state index in [9.17, 15) is 19.2 Å². The van der Waals surface area contributed by atoms with Crippen molar-refractivity contribution in [3.05, 3.63) is 123 Å². The number of anilines is 1. The third-order valence-corrected chi connectivity index (χ3v) is 5.95. The molecule has 1 N–H and O–H groups in total. The highest BCUT2D eigenvalue weighted by molar-refractivity contribution is 5.91. The quantitative estimate of drug-likeness (QED) is 0.293. The van der Waals surface area contributed by atoms with E-state index in [0.29, 0.717) is 38.0 Å². The lowest BCUT2D eigenvalue weighted by molar-refractivity contribution is -0.118. The van der Waals surface area contributed by atoms with Gasteiger partial charge in [0.05, 0.1) is 12.1 Å². The molecule has 194 valence electrons. The zero-order chi connectivity index (χ0) is 26.7. The summed E-state index contributed by atoms with van der Waals surface area (Å²) in [5, 5.41) is 2.65. The average Bonchev–Trinajstić information content (AvgIpc) is 2.90. The van der Waals surface area contributed by atoms with Crippen molar-refractivity contribution in [3.63, 3.8) is 0 Å². The molecule has 0 spiro atoms. The molecular formula is C29H29N5O4. The molecule has 0 unspecified atom stereocenters. The number of ketones is 1. The molecule has 0 saturated carbocycles. The molecule has 4 aromatic rings. The molecule has 9 heteroatoms. The van der Waals surface area contributed by atoms with Crippen molar-refractivity contribution < 1.29 is 9.59 Å². The number of rotatable bonds is 12. The van der Waals surface area contributed by atoms with Crippen LogP contribution in [0.25, 0.3) is 0 Å². The minimum Gasteiger partial charge on any atom is -0.310 e. The smallest absolute Gasteiger partial charge is 0.310 e. The topological polar surface area (TPSA) is 116 Å². The maximum absolute atomic E-state index is 12.4. The van der Waals surface area contributed by atoms with Crippen LogP contribution in [0.2, 0.25) is 0 Å². The molecule has 9 nitrogen and oxygen atoms in total. The van der Waals surface area contributed by atoms with Crippen LogP contribution in [0.1, 0.15) is 29.7 Å². The number of hydrogen-bond donors (Lipinski definition) is 1. The van der Waals surface area contributed by atoms with E-state index in [1.165, 1.54) is 9.13 Å². The summed E-state index contributed by atoms with van der Waals surface area (Å²) >= 11 is 0. The van der Waals surface area contributed by atoms with E-state index in [2.05, 4.69) is 15.3 Å². The van der Waals surface area contributed by atoms with Gasteiger partial charge in [-0.05, 0) is 36.1 Å². The van der Waals surface area contributed by atoms with Gasteiger partial charge in [0.1, 0.15) is 11.6 Å². The second-order valence-electron chi connectivity index (χ2n) is 8.98. The summed E-state index contributed by atoms with van der Waals surface area (Å²) in [7, 11) is 0. The van der Waals surface area contributed by atoms with Gasteiger partial charge in [-0.1, -0.05) is 60.7 Å². The van der Waals surface area contributed by atoms with Crippen LogP contribution in [0, 0.1) is 0 Å². The van der Waals surface area contributed by atoms with Crippen molar-refractivity contribution in [2.45, 2.75) is 45.2 Å². The Bertz CT molecular complexity index is 1380. The van der Waals surface area contributed by atoms with Crippen LogP contribution >= 0.6 is 0 Å². The molecule has 38 heavy (non-hydrogen) atoms. The predicted octanol–water partition coefficient (Wildman–Crippen LogP) is 2.82. The first-order valence-electron chi connectivity index (χ1n) is 12.5. The number of carbonyl (C=O) groups excluding carboxylic acids is 2. The molecule has 2 heterocycles. The Hall–Kier alpha value is -4.66. The van der Waals surface area contributed by atoms with E-state index >= 15 is 0 Å². The van der Waals surface area contributed by atoms with Crippen molar-refractivity contribution in [2.24, 2.45) is 0 Å². The second-order valence-corrected chi connectivity index (χ2v) is 8.98. The molecule has 0 bridgehead atoms. The van der Waals surface area contributed by atoms with Crippen LogP contribution in [0.3, 0.4) is 0 Å². The van der Waals surface area contributed by atoms with Crippen molar-refractivity contribution in [2.75, 3.05) is 5.32 Å². The SMILES string of the molecule is O=C(Cc1ccccc1)Cc1ccn(CCCCn2ccc(NC(=O)Cc3ccccc3)nc2=O)c(=O)n1. The molecule has 1 amide bonds. The van der Waals surface area contributed by atoms with E-state index in [4.69, 9.17) is 0 Å². The fourth-order valence-corrected chi connectivity index (χ4v) is 4.02. The van der Waals surface area contributed by atoms with Gasteiger partial charge in [0.2, 0.25) is 5.91 Å². The number of Topliss-reactive ketones (excluding diaryl/α,β-unsaturated/α-hetero) is 1. The van der Waals surface area contributed by atoms with Crippen molar-refractivity contribution in [1.29, 1.82) is 0 Å². The highest BCUT2D eigenvalue weighted by Gasteiger charge is 2.09. The largest absolute Gasteiger partial charge is 0.349 e. The summed E-state index contributed by atoms with van der Waals surface area (Å²) in [6.45, 7) is 0.873. The maximum atomic E-state index is 12.4. The standard InChI is InChI=1S/C29H29N5O4/c35-25(19-22-9-3-1-4-10-22)21-24-13-17-33(28(37)30-24)15-7-8-16-34-18-14-26(32-29(34)38)31-27(36)20-23-11-5-2-6-12-23/h1-6,9-14,17-18H,7-8,15-16,19-21H2,(H,31,32,36,38). The summed E-state index contributed by atoms with van der Waals surface area (Å²) in [4.78, 5) is 57.2. The van der Waals surface area contributed by atoms with Gasteiger partial charge in [0.25, 0.3) is 0 Å². The van der Waals surface area contributed by atoms with Gasteiger partial charge in [0.15, 0.2) is 0 Å². The molecule has 0 fully saturated rings. The molecule has 2 aromatic carbocycles. The number of hydrogen-bond acceptors (Lipinski definition) is 6. The molecule has 0 aliphatic heterocycles. The molecular weight excluding hydrogens is 482 g/mol. The van der Waals surface area contributed by atoms with Gasteiger partial charge in [-0.25, -0.2) is 9.59 Å². The zero-order valence-corrected chi connectivity index (χ0v) is 21.0. The number of aryl methyl sites for hydroxylation is 2. The van der Waals surface area contributed by atoms with E-state index in [1.807, 2.05) is 60.7 Å². The summed E-state index contributed by atoms with van der Waals surface area (Å²) in [5.41, 5.74) is 1.41. The Morgan fingerprint density at radius 1 is 0.658 bits per heavy atom. The van der Waals surface area contributed by atoms with Crippen molar-refractivity contribution in [3.8, 4) is 0 Å². The minimum atomic E-state index is -0.453. The summed E-state index contributed by atoms with van der Waals surface area (Å²) in [5.74, 6) is -0.0275. The fraction of sp³-hybridized carbons (Fsp3) is 0.241. The Morgan fingerprint density at radius 2 is 1.21 bits per heavy atom. The second kappa shape index (κ2) is 13.0. The van der Waals surface area contributed by atoms with Crippen LogP contribution in [0.15, 0.2) is 94.8 Å². The average molecular weight is 512 g/mol. The Morgan fingerprint density at radius 3 is 1.79 bits per heavy atom. The minimum absolute atomic E-state index is 0.00156. The van der Waals surface area contributed by atoms with Gasteiger partial charge in [-0.15, -0.1) is 0 Å². The van der Waals surface area contributed by atoms with Gasteiger partial charge in [-0.2, -0.15) is 9.97 Å². The van der Waals surface area contributed by atoms with E-state index in [1.54, 1.807) is 24.5 Å². The number of unbranched alkanes of at least 4 members (excludes halogenated alkanes) is 1. The number of aromatic nitrogens is 4. The van der Waals surface area contributed by atoms with E-state index in [0.717, 1.165) is 11.1 Å². The van der Waals surface area contributed by atoms with E-state index in [-0.39, 0.29) is 30.3 Å². The molecule has 4 rings (SSSR count). The first kappa shape index (κ1) is 26.4. The normalized spacial score (nSPS) is 10.7. The number of amides is 1. The molecule has 0 radical (unpaired) electrons. The molecule has 0 aliphatic carbocycles. The lowest BCUT2D eigenvalue weighted by Gasteiger charge is -2.09. The van der Waals surface area contributed by atoms with Gasteiger partial charge in [-0.3, -0.25) is 18.7 Å². The van der Waals surface area contributed by atoms with Crippen LogP contribution in [-0.2, 0) is 41.9 Å². The lowest BCUT2D eigenvalue weighted by atomic mass is 10.1. The van der Waals surface area contributed by atoms with Gasteiger partial charge < -0.3 is 5.32 Å². The van der Waals surface area contributed by atoms with Crippen LogP contribution in [0.4, 0.5) is 5.82 Å². The maximum Gasteiger partial charge on any atom is 0.349 e. The number of nitrogens with one attached hydrogen (secondary N) is 1. The number of benzene rings is 2. The van der Waals surface area contributed by atoms with Crippen molar-refractivity contribution in [1.82, 2.24) is 19.1 Å². The number of nitrogens with zero attached hydrogens (tertiary/aromatic N) is 4. The fourth-order valence-electron chi connectivity index (χ4n) is 4.02. The Balaban J connectivity index is 1.22. The third kappa shape index (κ3) is 7.92. The van der Waals surface area contributed by atoms with Crippen molar-refractivity contribution >= 4 is 17.5 Å². The summed E-state index contributed by atoms with van der Waals surface area (Å²) in [6, 6.07) is 22.1. The highest BCUT2D eigenvalue weighted by Crippen LogP contribution is 2.05. The Labute approximate surface area is 219 Å². The zero-order valence-electron chi connectivity index (χ0n) is 21.0. The Kier molecular flexibility index (Phi) is 9.07. The highest BCUT2D eigenvalue weighted by atomic mass is 16.2. The van der Waals surface area contributed by atoms with Crippen LogP contribution in [0.5, 0.6) is 0 Å². The summed E-state index contributed by atoms with van der Waals surface area (Å²) < 4.78 is 2.97. The lowest BCUT2D eigenvalue weighted by Crippen LogP contribution is -2.26. The monoisotopic (exact) mass is 511 g/mol. The van der Waals surface area contributed by atoms with Gasteiger partial charge >= 0.3 is 11.4 Å². The van der Waals surface area contributed by atoms with E-state index < -0.39 is 11.4 Å². The first-order valence-corrected chi connectivity index (χ1v) is 12.5. The molecule has 0 aliphatic rings. The number of carbonyl (C=O) groups is 2. The predicted molar refractivity (Wildman–Crippen MR) is 144 cm³/mol. The third-order valence-electron chi connectivity index (χ3n) is 5.95. The molecule has 2 aromatic heterocycles. The summed E-state index contributed by atoms with van der Waals surface area (Å²) in [6.07, 6.45) is 5.17. The van der Waals surface area contributed by atoms with Gasteiger partial charge in [0, 0.05) is 38.3 Å². The molecule has 0 saturated heterocycles.